The minimum Gasteiger partial charge on any atom is -0.481 e. The summed E-state index contributed by atoms with van der Waals surface area (Å²) in [6.45, 7) is 2.04. The van der Waals surface area contributed by atoms with E-state index in [1.807, 2.05) is 41.7 Å². The molecule has 0 unspecified atom stereocenters. The number of hydrogen-bond acceptors (Lipinski definition) is 2. The van der Waals surface area contributed by atoms with Crippen molar-refractivity contribution in [2.24, 2.45) is 0 Å². The van der Waals surface area contributed by atoms with Gasteiger partial charge in [0.1, 0.15) is 5.65 Å². The van der Waals surface area contributed by atoms with Crippen molar-refractivity contribution >= 4 is 22.5 Å². The van der Waals surface area contributed by atoms with Crippen LogP contribution in [0.25, 0.3) is 16.6 Å². The van der Waals surface area contributed by atoms with Gasteiger partial charge in [-0.15, -0.1) is 0 Å². The summed E-state index contributed by atoms with van der Waals surface area (Å²) in [5.74, 6) is -0.846. The number of carboxylic acids is 1. The molecule has 0 spiro atoms. The monoisotopic (exact) mass is 240 g/mol. The molecule has 0 fully saturated rings. The molecule has 0 amide bonds. The molecular weight excluding hydrogens is 228 g/mol. The van der Waals surface area contributed by atoms with Gasteiger partial charge in [-0.3, -0.25) is 9.20 Å². The van der Waals surface area contributed by atoms with E-state index in [-0.39, 0.29) is 6.42 Å². The summed E-state index contributed by atoms with van der Waals surface area (Å²) >= 11 is 0. The Bertz CT molecular complexity index is 759. The number of aryl methyl sites for hydroxylation is 1. The zero-order valence-electron chi connectivity index (χ0n) is 9.92. The van der Waals surface area contributed by atoms with Crippen LogP contribution >= 0.6 is 0 Å². The number of benzene rings is 1. The van der Waals surface area contributed by atoms with Gasteiger partial charge in [-0.05, 0) is 24.6 Å². The van der Waals surface area contributed by atoms with E-state index in [1.54, 1.807) is 6.20 Å². The largest absolute Gasteiger partial charge is 0.481 e. The third-order valence-corrected chi connectivity index (χ3v) is 3.11. The lowest BCUT2D eigenvalue weighted by Gasteiger charge is -2.07. The molecule has 0 bridgehead atoms. The summed E-state index contributed by atoms with van der Waals surface area (Å²) < 4.78 is 1.91. The van der Waals surface area contributed by atoms with Gasteiger partial charge in [0.15, 0.2) is 0 Å². The van der Waals surface area contributed by atoms with Crippen LogP contribution in [-0.2, 0) is 11.2 Å². The van der Waals surface area contributed by atoms with Gasteiger partial charge in [-0.2, -0.15) is 0 Å². The Hall–Kier alpha value is -2.36. The zero-order chi connectivity index (χ0) is 12.7. The van der Waals surface area contributed by atoms with E-state index in [0.717, 1.165) is 22.1 Å². The molecule has 2 heterocycles. The number of rotatable bonds is 2. The Morgan fingerprint density at radius 3 is 2.94 bits per heavy atom. The topological polar surface area (TPSA) is 54.6 Å². The van der Waals surface area contributed by atoms with Crippen LogP contribution < -0.4 is 0 Å². The van der Waals surface area contributed by atoms with E-state index in [2.05, 4.69) is 4.98 Å². The Balaban J connectivity index is 2.42. The maximum absolute atomic E-state index is 10.9. The molecule has 4 heteroatoms. The van der Waals surface area contributed by atoms with Crippen molar-refractivity contribution in [1.82, 2.24) is 9.38 Å². The van der Waals surface area contributed by atoms with E-state index >= 15 is 0 Å². The molecule has 18 heavy (non-hydrogen) atoms. The summed E-state index contributed by atoms with van der Waals surface area (Å²) in [5, 5.41) is 10.1. The molecule has 1 aromatic carbocycles. The first kappa shape index (κ1) is 10.8. The fraction of sp³-hybridized carbons (Fsp3) is 0.143. The third-order valence-electron chi connectivity index (χ3n) is 3.11. The molecule has 0 saturated heterocycles. The molecular formula is C14H12N2O2. The highest BCUT2D eigenvalue weighted by Gasteiger charge is 2.11. The van der Waals surface area contributed by atoms with Gasteiger partial charge in [0, 0.05) is 11.6 Å². The highest BCUT2D eigenvalue weighted by Crippen LogP contribution is 2.22. The van der Waals surface area contributed by atoms with Gasteiger partial charge >= 0.3 is 5.97 Å². The standard InChI is InChI=1S/C14H12N2O2/c1-9-6-13-15-8-10(7-14(17)18)16(13)12-5-3-2-4-11(9)12/h2-6,8H,7H2,1H3,(H,17,18). The summed E-state index contributed by atoms with van der Waals surface area (Å²) in [6.07, 6.45) is 1.61. The predicted octanol–water partition coefficient (Wildman–Crippen LogP) is 2.42. The second-order valence-corrected chi connectivity index (χ2v) is 4.36. The van der Waals surface area contributed by atoms with Gasteiger partial charge in [0.2, 0.25) is 0 Å². The summed E-state index contributed by atoms with van der Waals surface area (Å²) in [7, 11) is 0. The lowest BCUT2D eigenvalue weighted by molar-refractivity contribution is -0.136. The van der Waals surface area contributed by atoms with Gasteiger partial charge < -0.3 is 5.11 Å². The minimum atomic E-state index is -0.846. The number of hydrogen-bond donors (Lipinski definition) is 1. The smallest absolute Gasteiger partial charge is 0.309 e. The van der Waals surface area contributed by atoms with Crippen LogP contribution in [0.4, 0.5) is 0 Å². The molecule has 0 aliphatic carbocycles. The van der Waals surface area contributed by atoms with Crippen LogP contribution in [-0.4, -0.2) is 20.5 Å². The first-order chi connectivity index (χ1) is 8.66. The van der Waals surface area contributed by atoms with Crippen molar-refractivity contribution < 1.29 is 9.90 Å². The predicted molar refractivity (Wildman–Crippen MR) is 68.8 cm³/mol. The molecule has 3 rings (SSSR count). The Morgan fingerprint density at radius 2 is 2.17 bits per heavy atom. The third kappa shape index (κ3) is 1.54. The Labute approximate surface area is 104 Å². The number of carbonyl (C=O) groups is 1. The van der Waals surface area contributed by atoms with Gasteiger partial charge in [-0.25, -0.2) is 4.98 Å². The number of aromatic nitrogens is 2. The average molecular weight is 240 g/mol. The number of carboxylic acid groups (broad SMARTS) is 1. The number of pyridine rings is 1. The maximum atomic E-state index is 10.9. The lowest BCUT2D eigenvalue weighted by atomic mass is 10.1. The summed E-state index contributed by atoms with van der Waals surface area (Å²) in [5.41, 5.74) is 3.64. The van der Waals surface area contributed by atoms with Crippen molar-refractivity contribution in [3.8, 4) is 0 Å². The molecule has 0 radical (unpaired) electrons. The van der Waals surface area contributed by atoms with Crippen LogP contribution in [0, 0.1) is 6.92 Å². The number of para-hydroxylation sites is 1. The van der Waals surface area contributed by atoms with Crippen LogP contribution in [0.5, 0.6) is 0 Å². The van der Waals surface area contributed by atoms with E-state index < -0.39 is 5.97 Å². The number of imidazole rings is 1. The van der Waals surface area contributed by atoms with Crippen molar-refractivity contribution in [1.29, 1.82) is 0 Å². The molecule has 0 aliphatic heterocycles. The van der Waals surface area contributed by atoms with Crippen LogP contribution in [0.2, 0.25) is 0 Å². The van der Waals surface area contributed by atoms with Crippen molar-refractivity contribution in [3.05, 3.63) is 47.8 Å². The second-order valence-electron chi connectivity index (χ2n) is 4.36. The number of nitrogens with zero attached hydrogens (tertiary/aromatic N) is 2. The molecule has 3 aromatic rings. The van der Waals surface area contributed by atoms with E-state index in [0.29, 0.717) is 5.69 Å². The fourth-order valence-corrected chi connectivity index (χ4v) is 2.34. The Kier molecular flexibility index (Phi) is 2.30. The van der Waals surface area contributed by atoms with Crippen LogP contribution in [0.3, 0.4) is 0 Å². The van der Waals surface area contributed by atoms with Crippen molar-refractivity contribution in [2.75, 3.05) is 0 Å². The maximum Gasteiger partial charge on any atom is 0.309 e. The van der Waals surface area contributed by atoms with Crippen LogP contribution in [0.15, 0.2) is 36.5 Å². The molecule has 0 aliphatic rings. The summed E-state index contributed by atoms with van der Waals surface area (Å²) in [4.78, 5) is 15.2. The first-order valence-electron chi connectivity index (χ1n) is 5.73. The number of fused-ring (bicyclic) bond motifs is 3. The van der Waals surface area contributed by atoms with Crippen molar-refractivity contribution in [2.45, 2.75) is 13.3 Å². The van der Waals surface area contributed by atoms with E-state index in [9.17, 15) is 4.79 Å². The molecule has 0 saturated carbocycles. The summed E-state index contributed by atoms with van der Waals surface area (Å²) in [6, 6.07) is 9.94. The number of aliphatic carboxylic acids is 1. The molecule has 4 nitrogen and oxygen atoms in total. The highest BCUT2D eigenvalue weighted by molar-refractivity contribution is 5.86. The quantitative estimate of drug-likeness (QED) is 0.748. The van der Waals surface area contributed by atoms with Gasteiger partial charge in [0.05, 0.1) is 17.6 Å². The molecule has 90 valence electrons. The molecule has 2 aromatic heterocycles. The fourth-order valence-electron chi connectivity index (χ4n) is 2.34. The molecule has 0 atom stereocenters. The lowest BCUT2D eigenvalue weighted by Crippen LogP contribution is -2.04. The zero-order valence-corrected chi connectivity index (χ0v) is 9.92. The van der Waals surface area contributed by atoms with Gasteiger partial charge in [-0.1, -0.05) is 18.2 Å². The minimum absolute atomic E-state index is 0.0196. The highest BCUT2D eigenvalue weighted by atomic mass is 16.4. The van der Waals surface area contributed by atoms with Crippen molar-refractivity contribution in [3.63, 3.8) is 0 Å². The normalized spacial score (nSPS) is 11.2. The average Bonchev–Trinajstić information content (AvgIpc) is 2.72. The van der Waals surface area contributed by atoms with E-state index in [1.165, 1.54) is 0 Å². The van der Waals surface area contributed by atoms with Crippen LogP contribution in [0.1, 0.15) is 11.3 Å². The SMILES string of the molecule is Cc1cc2ncc(CC(=O)O)n2c2ccccc12. The van der Waals surface area contributed by atoms with Gasteiger partial charge in [0.25, 0.3) is 0 Å². The molecule has 1 N–H and O–H groups in total. The van der Waals surface area contributed by atoms with E-state index in [4.69, 9.17) is 5.11 Å². The first-order valence-corrected chi connectivity index (χ1v) is 5.73. The second kappa shape index (κ2) is 3.84. The Morgan fingerprint density at radius 1 is 1.39 bits per heavy atom.